The first-order chi connectivity index (χ1) is 9.55. The van der Waals surface area contributed by atoms with Gasteiger partial charge in [0.05, 0.1) is 5.60 Å². The minimum Gasteiger partial charge on any atom is -0.488 e. The van der Waals surface area contributed by atoms with Gasteiger partial charge in [0, 0.05) is 19.6 Å². The highest BCUT2D eigenvalue weighted by molar-refractivity contribution is 5.37. The Labute approximate surface area is 122 Å². The molecule has 0 aliphatic carbocycles. The Balaban J connectivity index is 1.97. The molecule has 0 aromatic heterocycles. The van der Waals surface area contributed by atoms with E-state index in [4.69, 9.17) is 9.47 Å². The third-order valence-corrected chi connectivity index (χ3v) is 4.20. The molecular formula is C17H27NO2. The van der Waals surface area contributed by atoms with Gasteiger partial charge in [0.15, 0.2) is 0 Å². The molecule has 112 valence electrons. The summed E-state index contributed by atoms with van der Waals surface area (Å²) in [5.74, 6) is 1.05. The molecule has 3 nitrogen and oxygen atoms in total. The molecule has 0 bridgehead atoms. The first kappa shape index (κ1) is 15.3. The molecule has 0 amide bonds. The van der Waals surface area contributed by atoms with Gasteiger partial charge < -0.3 is 14.8 Å². The number of nitrogens with one attached hydrogen (secondary N) is 1. The van der Waals surface area contributed by atoms with Crippen molar-refractivity contribution in [2.75, 3.05) is 13.7 Å². The standard InChI is InChI=1S/C17H27NO2/c1-5-18-14(10-11-17(2,3)19-4)16-12-13-8-6-7-9-15(13)20-16/h6-9,14,16,18H,5,10-12H2,1-4H3. The van der Waals surface area contributed by atoms with E-state index in [1.165, 1.54) is 5.56 Å². The van der Waals surface area contributed by atoms with E-state index >= 15 is 0 Å². The van der Waals surface area contributed by atoms with Crippen molar-refractivity contribution in [2.45, 2.75) is 57.8 Å². The number of hydrogen-bond donors (Lipinski definition) is 1. The summed E-state index contributed by atoms with van der Waals surface area (Å²) >= 11 is 0. The highest BCUT2D eigenvalue weighted by atomic mass is 16.5. The first-order valence-electron chi connectivity index (χ1n) is 7.59. The molecule has 0 saturated carbocycles. The number of ether oxygens (including phenoxy) is 2. The Bertz CT molecular complexity index is 406. The molecule has 1 aromatic carbocycles. The van der Waals surface area contributed by atoms with Crippen LogP contribution in [0.25, 0.3) is 0 Å². The predicted octanol–water partition coefficient (Wildman–Crippen LogP) is 3.17. The lowest BCUT2D eigenvalue weighted by Gasteiger charge is -2.29. The van der Waals surface area contributed by atoms with Gasteiger partial charge in [-0.2, -0.15) is 0 Å². The van der Waals surface area contributed by atoms with E-state index in [0.717, 1.165) is 31.6 Å². The molecule has 2 atom stereocenters. The minimum atomic E-state index is -0.0703. The number of methoxy groups -OCH3 is 1. The van der Waals surface area contributed by atoms with Gasteiger partial charge >= 0.3 is 0 Å². The van der Waals surface area contributed by atoms with Crippen molar-refractivity contribution in [2.24, 2.45) is 0 Å². The molecule has 20 heavy (non-hydrogen) atoms. The molecule has 3 heteroatoms. The zero-order valence-electron chi connectivity index (χ0n) is 13.1. The molecule has 1 N–H and O–H groups in total. The van der Waals surface area contributed by atoms with Crippen LogP contribution in [-0.2, 0) is 11.2 Å². The van der Waals surface area contributed by atoms with Gasteiger partial charge in [0.2, 0.25) is 0 Å². The van der Waals surface area contributed by atoms with Crippen molar-refractivity contribution in [3.63, 3.8) is 0 Å². The van der Waals surface area contributed by atoms with Crippen molar-refractivity contribution in [1.82, 2.24) is 5.32 Å². The van der Waals surface area contributed by atoms with Crippen LogP contribution >= 0.6 is 0 Å². The van der Waals surface area contributed by atoms with Gasteiger partial charge in [0.1, 0.15) is 11.9 Å². The summed E-state index contributed by atoms with van der Waals surface area (Å²) in [5, 5.41) is 3.58. The van der Waals surface area contributed by atoms with Gasteiger partial charge in [-0.05, 0) is 44.9 Å². The largest absolute Gasteiger partial charge is 0.488 e. The zero-order chi connectivity index (χ0) is 14.6. The fourth-order valence-corrected chi connectivity index (χ4v) is 2.72. The van der Waals surface area contributed by atoms with Crippen molar-refractivity contribution < 1.29 is 9.47 Å². The second kappa shape index (κ2) is 6.59. The summed E-state index contributed by atoms with van der Waals surface area (Å²) in [6, 6.07) is 8.73. The van der Waals surface area contributed by atoms with Gasteiger partial charge in [0.25, 0.3) is 0 Å². The lowest BCUT2D eigenvalue weighted by molar-refractivity contribution is 0.00842. The zero-order valence-corrected chi connectivity index (χ0v) is 13.1. The van der Waals surface area contributed by atoms with Crippen LogP contribution in [0.15, 0.2) is 24.3 Å². The van der Waals surface area contributed by atoms with Crippen LogP contribution < -0.4 is 10.1 Å². The van der Waals surface area contributed by atoms with Crippen LogP contribution in [0.1, 0.15) is 39.2 Å². The summed E-state index contributed by atoms with van der Waals surface area (Å²) in [5.41, 5.74) is 1.26. The molecule has 0 fully saturated rings. The maximum absolute atomic E-state index is 6.12. The Morgan fingerprint density at radius 1 is 1.40 bits per heavy atom. The third kappa shape index (κ3) is 3.74. The van der Waals surface area contributed by atoms with E-state index in [1.54, 1.807) is 7.11 Å². The number of hydrogen-bond acceptors (Lipinski definition) is 3. The van der Waals surface area contributed by atoms with Gasteiger partial charge in [-0.15, -0.1) is 0 Å². The second-order valence-electron chi connectivity index (χ2n) is 6.13. The lowest BCUT2D eigenvalue weighted by Crippen LogP contribution is -2.43. The van der Waals surface area contributed by atoms with Crippen LogP contribution in [0.4, 0.5) is 0 Å². The number of benzene rings is 1. The topological polar surface area (TPSA) is 30.5 Å². The molecule has 1 aliphatic rings. The van der Waals surface area contributed by atoms with Gasteiger partial charge in [-0.1, -0.05) is 25.1 Å². The fraction of sp³-hybridized carbons (Fsp3) is 0.647. The summed E-state index contributed by atoms with van der Waals surface area (Å²) in [7, 11) is 1.78. The van der Waals surface area contributed by atoms with E-state index < -0.39 is 0 Å². The third-order valence-electron chi connectivity index (χ3n) is 4.20. The lowest BCUT2D eigenvalue weighted by atomic mass is 9.94. The Morgan fingerprint density at radius 2 is 2.15 bits per heavy atom. The molecular weight excluding hydrogens is 250 g/mol. The summed E-state index contributed by atoms with van der Waals surface area (Å²) in [4.78, 5) is 0. The minimum absolute atomic E-state index is 0.0703. The molecule has 2 rings (SSSR count). The summed E-state index contributed by atoms with van der Waals surface area (Å²) in [6.07, 6.45) is 3.33. The van der Waals surface area contributed by atoms with Crippen molar-refractivity contribution >= 4 is 0 Å². The Hall–Kier alpha value is -1.06. The normalized spacial score (nSPS) is 19.5. The number of likely N-dealkylation sites (N-methyl/N-ethyl adjacent to an activating group) is 1. The number of rotatable bonds is 7. The van der Waals surface area contributed by atoms with Crippen LogP contribution in [0.3, 0.4) is 0 Å². The van der Waals surface area contributed by atoms with Gasteiger partial charge in [-0.3, -0.25) is 0 Å². The maximum atomic E-state index is 6.12. The van der Waals surface area contributed by atoms with Gasteiger partial charge in [-0.25, -0.2) is 0 Å². The van der Waals surface area contributed by atoms with Crippen molar-refractivity contribution in [1.29, 1.82) is 0 Å². The molecule has 1 aliphatic heterocycles. The van der Waals surface area contributed by atoms with E-state index in [0.29, 0.717) is 6.04 Å². The quantitative estimate of drug-likeness (QED) is 0.830. The number of para-hydroxylation sites is 1. The molecule has 2 unspecified atom stereocenters. The average molecular weight is 277 g/mol. The first-order valence-corrected chi connectivity index (χ1v) is 7.59. The second-order valence-corrected chi connectivity index (χ2v) is 6.13. The Kier molecular flexibility index (Phi) is 5.06. The predicted molar refractivity (Wildman–Crippen MR) is 82.3 cm³/mol. The average Bonchev–Trinajstić information content (AvgIpc) is 2.87. The van der Waals surface area contributed by atoms with Crippen LogP contribution in [0.2, 0.25) is 0 Å². The molecule has 0 radical (unpaired) electrons. The highest BCUT2D eigenvalue weighted by Crippen LogP contribution is 2.31. The fourth-order valence-electron chi connectivity index (χ4n) is 2.72. The van der Waals surface area contributed by atoms with E-state index in [2.05, 4.69) is 44.3 Å². The molecule has 1 aromatic rings. The van der Waals surface area contributed by atoms with Crippen LogP contribution in [0.5, 0.6) is 5.75 Å². The Morgan fingerprint density at radius 3 is 2.80 bits per heavy atom. The summed E-state index contributed by atoms with van der Waals surface area (Å²) in [6.45, 7) is 7.39. The molecule has 0 saturated heterocycles. The monoisotopic (exact) mass is 277 g/mol. The smallest absolute Gasteiger partial charge is 0.123 e. The van der Waals surface area contributed by atoms with Crippen LogP contribution in [-0.4, -0.2) is 31.4 Å². The van der Waals surface area contributed by atoms with Crippen LogP contribution in [0, 0.1) is 0 Å². The summed E-state index contributed by atoms with van der Waals surface area (Å²) < 4.78 is 11.6. The molecule has 0 spiro atoms. The highest BCUT2D eigenvalue weighted by Gasteiger charge is 2.31. The maximum Gasteiger partial charge on any atom is 0.123 e. The van der Waals surface area contributed by atoms with Crippen molar-refractivity contribution in [3.05, 3.63) is 29.8 Å². The van der Waals surface area contributed by atoms with E-state index in [9.17, 15) is 0 Å². The SMILES string of the molecule is CCNC(CCC(C)(C)OC)C1Cc2ccccc2O1. The van der Waals surface area contributed by atoms with E-state index in [1.807, 2.05) is 6.07 Å². The van der Waals surface area contributed by atoms with Crippen molar-refractivity contribution in [3.8, 4) is 5.75 Å². The number of fused-ring (bicyclic) bond motifs is 1. The molecule has 1 heterocycles. The van der Waals surface area contributed by atoms with E-state index in [-0.39, 0.29) is 11.7 Å².